The first-order chi connectivity index (χ1) is 5.08. The molecule has 5 heteroatoms. The maximum absolute atomic E-state index is 12.2. The summed E-state index contributed by atoms with van der Waals surface area (Å²) >= 11 is 0. The summed E-state index contributed by atoms with van der Waals surface area (Å²) < 4.78 is 29.0. The zero-order chi connectivity index (χ0) is 8.32. The van der Waals surface area contributed by atoms with Gasteiger partial charge in [0, 0.05) is 13.0 Å². The molecule has 3 nitrogen and oxygen atoms in total. The number of halogens is 2. The molecule has 0 aliphatic carbocycles. The highest BCUT2D eigenvalue weighted by Crippen LogP contribution is 2.13. The fraction of sp³-hybridized carbons (Fsp3) is 0.500. The number of rotatable bonds is 3. The first kappa shape index (κ1) is 7.97. The first-order valence-electron chi connectivity index (χ1n) is 3.08. The van der Waals surface area contributed by atoms with Gasteiger partial charge >= 0.3 is 0 Å². The summed E-state index contributed by atoms with van der Waals surface area (Å²) in [6, 6.07) is 1.48. The van der Waals surface area contributed by atoms with E-state index in [4.69, 9.17) is 0 Å². The van der Waals surface area contributed by atoms with Crippen molar-refractivity contribution < 1.29 is 13.5 Å². The van der Waals surface area contributed by atoms with Crippen LogP contribution < -0.4 is 4.74 Å². The Morgan fingerprint density at radius 1 is 1.73 bits per heavy atom. The number of hydrogen-bond donors (Lipinski definition) is 1. The third kappa shape index (κ3) is 2.97. The van der Waals surface area contributed by atoms with Crippen molar-refractivity contribution in [3.63, 3.8) is 0 Å². The fourth-order valence-electron chi connectivity index (χ4n) is 0.528. The smallest absolute Gasteiger partial charge is 0.278 e. The van der Waals surface area contributed by atoms with Gasteiger partial charge in [0.15, 0.2) is 6.61 Å². The Balaban J connectivity index is 2.35. The van der Waals surface area contributed by atoms with E-state index in [0.29, 0.717) is 0 Å². The zero-order valence-corrected chi connectivity index (χ0v) is 5.97. The lowest BCUT2D eigenvalue weighted by Gasteiger charge is -2.09. The lowest BCUT2D eigenvalue weighted by molar-refractivity contribution is -0.0242. The van der Waals surface area contributed by atoms with Gasteiger partial charge in [0.2, 0.25) is 5.88 Å². The molecular weight excluding hydrogens is 154 g/mol. The lowest BCUT2D eigenvalue weighted by atomic mass is 10.4. The average molecular weight is 162 g/mol. The van der Waals surface area contributed by atoms with E-state index in [1.54, 1.807) is 0 Å². The van der Waals surface area contributed by atoms with E-state index < -0.39 is 12.5 Å². The van der Waals surface area contributed by atoms with Gasteiger partial charge < -0.3 is 4.74 Å². The van der Waals surface area contributed by atoms with Crippen molar-refractivity contribution in [3.05, 3.63) is 12.3 Å². The molecule has 1 aromatic rings. The minimum Gasteiger partial charge on any atom is -0.472 e. The van der Waals surface area contributed by atoms with Crippen molar-refractivity contribution in [2.45, 2.75) is 12.8 Å². The molecular formula is C6H8F2N2O. The standard InChI is InChI=1S/C6H8F2N2O/c1-6(7,8)4-11-5-2-3-9-10-5/h2-3H,4H2,1H3,(H,9,10). The molecule has 1 aromatic heterocycles. The Kier molecular flexibility index (Phi) is 2.07. The molecule has 0 saturated carbocycles. The molecule has 0 atom stereocenters. The van der Waals surface area contributed by atoms with Crippen LogP contribution in [0.15, 0.2) is 12.3 Å². The Hall–Kier alpha value is -1.13. The summed E-state index contributed by atoms with van der Waals surface area (Å²) in [5, 5.41) is 5.93. The summed E-state index contributed by atoms with van der Waals surface area (Å²) in [7, 11) is 0. The number of H-pyrrole nitrogens is 1. The Labute approximate surface area is 62.4 Å². The number of alkyl halides is 2. The number of nitrogens with zero attached hydrogens (tertiary/aromatic N) is 1. The third-order valence-electron chi connectivity index (χ3n) is 0.956. The van der Waals surface area contributed by atoms with Crippen molar-refractivity contribution in [2.24, 2.45) is 0 Å². The van der Waals surface area contributed by atoms with Gasteiger partial charge in [-0.1, -0.05) is 0 Å². The van der Waals surface area contributed by atoms with Crippen LogP contribution >= 0.6 is 0 Å². The van der Waals surface area contributed by atoms with E-state index in [9.17, 15) is 8.78 Å². The molecule has 0 spiro atoms. The van der Waals surface area contributed by atoms with Gasteiger partial charge in [0.1, 0.15) is 0 Å². The van der Waals surface area contributed by atoms with Gasteiger partial charge in [-0.15, -0.1) is 0 Å². The van der Waals surface area contributed by atoms with E-state index >= 15 is 0 Å². The lowest BCUT2D eigenvalue weighted by Crippen LogP contribution is -2.20. The normalized spacial score (nSPS) is 11.5. The highest BCUT2D eigenvalue weighted by molar-refractivity contribution is 5.04. The van der Waals surface area contributed by atoms with E-state index in [1.165, 1.54) is 12.3 Å². The Morgan fingerprint density at radius 2 is 2.45 bits per heavy atom. The Bertz CT molecular complexity index is 205. The van der Waals surface area contributed by atoms with Crippen molar-refractivity contribution in [1.29, 1.82) is 0 Å². The third-order valence-corrected chi connectivity index (χ3v) is 0.956. The number of aromatic nitrogens is 2. The molecule has 0 fully saturated rings. The van der Waals surface area contributed by atoms with Gasteiger partial charge in [-0.05, 0) is 0 Å². The largest absolute Gasteiger partial charge is 0.472 e. The van der Waals surface area contributed by atoms with Gasteiger partial charge in [-0.3, -0.25) is 0 Å². The zero-order valence-electron chi connectivity index (χ0n) is 5.97. The summed E-state index contributed by atoms with van der Waals surface area (Å²) in [4.78, 5) is 0. The predicted molar refractivity (Wildman–Crippen MR) is 34.7 cm³/mol. The molecule has 0 aliphatic rings. The molecule has 1 rings (SSSR count). The topological polar surface area (TPSA) is 37.9 Å². The van der Waals surface area contributed by atoms with Gasteiger partial charge in [-0.25, -0.2) is 13.9 Å². The highest BCUT2D eigenvalue weighted by Gasteiger charge is 2.22. The van der Waals surface area contributed by atoms with Crippen LogP contribution in [0.3, 0.4) is 0 Å². The van der Waals surface area contributed by atoms with Crippen molar-refractivity contribution in [3.8, 4) is 5.88 Å². The van der Waals surface area contributed by atoms with E-state index in [1.807, 2.05) is 0 Å². The number of ether oxygens (including phenoxy) is 1. The van der Waals surface area contributed by atoms with Crippen LogP contribution in [0.25, 0.3) is 0 Å². The summed E-state index contributed by atoms with van der Waals surface area (Å²) in [6.07, 6.45) is 1.43. The maximum Gasteiger partial charge on any atom is 0.278 e. The molecule has 1 heterocycles. The molecule has 0 aliphatic heterocycles. The molecule has 0 unspecified atom stereocenters. The SMILES string of the molecule is CC(F)(F)COc1ccn[nH]1. The molecule has 11 heavy (non-hydrogen) atoms. The first-order valence-corrected chi connectivity index (χ1v) is 3.08. The molecule has 0 saturated heterocycles. The monoisotopic (exact) mass is 162 g/mol. The molecule has 0 radical (unpaired) electrons. The predicted octanol–water partition coefficient (Wildman–Crippen LogP) is 1.44. The van der Waals surface area contributed by atoms with Crippen molar-refractivity contribution in [2.75, 3.05) is 6.61 Å². The average Bonchev–Trinajstić information content (AvgIpc) is 2.32. The van der Waals surface area contributed by atoms with Crippen molar-refractivity contribution in [1.82, 2.24) is 10.2 Å². The van der Waals surface area contributed by atoms with E-state index in [2.05, 4.69) is 14.9 Å². The molecule has 0 amide bonds. The number of aromatic amines is 1. The summed E-state index contributed by atoms with van der Waals surface area (Å²) in [6.45, 7) is 0.165. The molecule has 1 N–H and O–H groups in total. The van der Waals surface area contributed by atoms with Crippen LogP contribution in [0, 0.1) is 0 Å². The molecule has 0 bridgehead atoms. The van der Waals surface area contributed by atoms with E-state index in [-0.39, 0.29) is 5.88 Å². The molecule has 0 aromatic carbocycles. The van der Waals surface area contributed by atoms with Gasteiger partial charge in [0.05, 0.1) is 6.20 Å². The van der Waals surface area contributed by atoms with Gasteiger partial charge in [-0.2, -0.15) is 5.10 Å². The van der Waals surface area contributed by atoms with Crippen LogP contribution in [-0.2, 0) is 0 Å². The Morgan fingerprint density at radius 3 is 2.91 bits per heavy atom. The molecule has 62 valence electrons. The van der Waals surface area contributed by atoms with Crippen LogP contribution in [0.4, 0.5) is 8.78 Å². The van der Waals surface area contributed by atoms with Crippen LogP contribution in [0.1, 0.15) is 6.92 Å². The minimum atomic E-state index is -2.80. The quantitative estimate of drug-likeness (QED) is 0.730. The second-order valence-electron chi connectivity index (χ2n) is 2.28. The maximum atomic E-state index is 12.2. The number of nitrogens with one attached hydrogen (secondary N) is 1. The van der Waals surface area contributed by atoms with Crippen LogP contribution in [0.5, 0.6) is 5.88 Å². The van der Waals surface area contributed by atoms with E-state index in [0.717, 1.165) is 6.92 Å². The van der Waals surface area contributed by atoms with Crippen molar-refractivity contribution >= 4 is 0 Å². The minimum absolute atomic E-state index is 0.256. The van der Waals surface area contributed by atoms with Crippen LogP contribution in [0.2, 0.25) is 0 Å². The summed E-state index contributed by atoms with van der Waals surface area (Å²) in [5.74, 6) is -2.54. The summed E-state index contributed by atoms with van der Waals surface area (Å²) in [5.41, 5.74) is 0. The fourth-order valence-corrected chi connectivity index (χ4v) is 0.528. The van der Waals surface area contributed by atoms with Gasteiger partial charge in [0.25, 0.3) is 5.92 Å². The highest BCUT2D eigenvalue weighted by atomic mass is 19.3. The van der Waals surface area contributed by atoms with Crippen LogP contribution in [-0.4, -0.2) is 22.7 Å². The second-order valence-corrected chi connectivity index (χ2v) is 2.28. The number of hydrogen-bond acceptors (Lipinski definition) is 2. The second kappa shape index (κ2) is 2.86.